The van der Waals surface area contributed by atoms with Crippen LogP contribution in [-0.2, 0) is 0 Å². The van der Waals surface area contributed by atoms with Crippen molar-refractivity contribution in [3.05, 3.63) is 92.1 Å². The Kier molecular flexibility index (Phi) is 3.94. The quantitative estimate of drug-likeness (QED) is 0.185. The SMILES string of the molecule is O=C1/C(=C/c2ccc(-n3ccc4ccccc43)[te]2)C(=O)c2cc3[se]ccc3cc21. The molecule has 0 radical (unpaired) electrons. The molecule has 3 heterocycles. The fourth-order valence-electron chi connectivity index (χ4n) is 3.88. The number of carbonyl (C=O) groups is 2. The monoisotopic (exact) mass is 557 g/mol. The van der Waals surface area contributed by atoms with E-state index >= 15 is 0 Å². The van der Waals surface area contributed by atoms with Crippen LogP contribution in [0.15, 0.2) is 77.4 Å². The number of rotatable bonds is 2. The molecule has 2 aromatic carbocycles. The Morgan fingerprint density at radius 3 is 2.59 bits per heavy atom. The van der Waals surface area contributed by atoms with E-state index < -0.39 is 20.4 Å². The van der Waals surface area contributed by atoms with Gasteiger partial charge in [0.15, 0.2) is 0 Å². The van der Waals surface area contributed by atoms with E-state index in [1.807, 2.05) is 30.3 Å². The number of carbonyl (C=O) groups excluding carboxylic acids is 2. The number of aromatic nitrogens is 1. The summed E-state index contributed by atoms with van der Waals surface area (Å²) in [7, 11) is 0. The molecule has 0 saturated heterocycles. The number of benzene rings is 2. The molecule has 0 bridgehead atoms. The van der Waals surface area contributed by atoms with Crippen molar-refractivity contribution in [2.24, 2.45) is 0 Å². The Morgan fingerprint density at radius 1 is 0.862 bits per heavy atom. The van der Waals surface area contributed by atoms with E-state index in [4.69, 9.17) is 0 Å². The van der Waals surface area contributed by atoms with Crippen molar-refractivity contribution in [3.8, 4) is 3.70 Å². The number of hydrogen-bond acceptors (Lipinski definition) is 2. The number of Topliss-reactive ketones (excluding diaryl/α,β-unsaturated/α-hetero) is 2. The molecule has 6 rings (SSSR count). The van der Waals surface area contributed by atoms with Crippen molar-refractivity contribution < 1.29 is 9.59 Å². The van der Waals surface area contributed by atoms with Gasteiger partial charge in [-0.15, -0.1) is 0 Å². The van der Waals surface area contributed by atoms with Gasteiger partial charge in [-0.2, -0.15) is 0 Å². The molecule has 1 aliphatic carbocycles. The first-order valence-electron chi connectivity index (χ1n) is 9.18. The van der Waals surface area contributed by atoms with Crippen LogP contribution < -0.4 is 0 Å². The molecular formula is C24H13NO2SeTe. The Hall–Kier alpha value is -2.41. The topological polar surface area (TPSA) is 39.1 Å². The van der Waals surface area contributed by atoms with Gasteiger partial charge in [0.25, 0.3) is 0 Å². The maximum atomic E-state index is 12.9. The minimum absolute atomic E-state index is 0.122. The summed E-state index contributed by atoms with van der Waals surface area (Å²) < 4.78 is 5.80. The van der Waals surface area contributed by atoms with Crippen molar-refractivity contribution in [1.29, 1.82) is 0 Å². The first kappa shape index (κ1) is 17.4. The summed E-state index contributed by atoms with van der Waals surface area (Å²) >= 11 is -0.407. The zero-order valence-corrected chi connectivity index (χ0v) is 19.1. The summed E-state index contributed by atoms with van der Waals surface area (Å²) in [5.41, 5.74) is 2.65. The number of allylic oxidation sites excluding steroid dienone is 1. The van der Waals surface area contributed by atoms with Crippen molar-refractivity contribution >= 4 is 73.1 Å². The van der Waals surface area contributed by atoms with Crippen LogP contribution in [0.2, 0.25) is 0 Å². The second-order valence-corrected chi connectivity index (χ2v) is 12.1. The van der Waals surface area contributed by atoms with Gasteiger partial charge in [0.1, 0.15) is 0 Å². The van der Waals surface area contributed by atoms with Crippen molar-refractivity contribution in [2.45, 2.75) is 0 Å². The molecule has 138 valence electrons. The van der Waals surface area contributed by atoms with Crippen LogP contribution in [0, 0.1) is 0 Å². The second kappa shape index (κ2) is 6.55. The standard InChI is InChI=1S/C24H13NO2SeTe/c26-23-17-11-15-8-10-28-21(15)13-18(17)24(27)19(23)12-16-5-6-22(29-16)25-9-7-14-3-1-2-4-20(14)25/h1-13H/b19-12-. The molecule has 0 spiro atoms. The molecule has 0 atom stereocenters. The Balaban J connectivity index is 1.41. The van der Waals surface area contributed by atoms with E-state index in [-0.39, 0.29) is 26.1 Å². The summed E-state index contributed by atoms with van der Waals surface area (Å²) in [6, 6.07) is 20.5. The number of nitrogens with zero attached hydrogens (tertiary/aromatic N) is 1. The fraction of sp³-hybridized carbons (Fsp3) is 0. The number of ketones is 2. The Labute approximate surface area is 182 Å². The fourth-order valence-corrected chi connectivity index (χ4v) is 8.28. The van der Waals surface area contributed by atoms with Gasteiger partial charge >= 0.3 is 183 Å². The van der Waals surface area contributed by atoms with Gasteiger partial charge in [0.05, 0.1) is 0 Å². The molecule has 5 aromatic rings. The Morgan fingerprint density at radius 2 is 1.69 bits per heavy atom. The molecule has 0 aliphatic heterocycles. The molecule has 0 N–H and O–H groups in total. The normalized spacial score (nSPS) is 15.1. The van der Waals surface area contributed by atoms with Crippen LogP contribution in [0.3, 0.4) is 0 Å². The summed E-state index contributed by atoms with van der Waals surface area (Å²) in [6.45, 7) is 0. The van der Waals surface area contributed by atoms with Crippen molar-refractivity contribution in [2.75, 3.05) is 0 Å². The third-order valence-electron chi connectivity index (χ3n) is 5.31. The molecular weight excluding hydrogens is 541 g/mol. The Bertz CT molecular complexity index is 1450. The van der Waals surface area contributed by atoms with Crippen LogP contribution in [-0.4, -0.2) is 51.1 Å². The third kappa shape index (κ3) is 2.70. The van der Waals surface area contributed by atoms with Crippen molar-refractivity contribution in [3.63, 3.8) is 0 Å². The van der Waals surface area contributed by atoms with Gasteiger partial charge < -0.3 is 0 Å². The molecule has 0 unspecified atom stereocenters. The summed E-state index contributed by atoms with van der Waals surface area (Å²) in [4.78, 5) is 28.0. The average molecular weight is 554 g/mol. The minimum atomic E-state index is -0.670. The van der Waals surface area contributed by atoms with E-state index in [0.717, 1.165) is 8.97 Å². The molecule has 29 heavy (non-hydrogen) atoms. The van der Waals surface area contributed by atoms with Crippen LogP contribution >= 0.6 is 0 Å². The van der Waals surface area contributed by atoms with E-state index in [1.165, 1.54) is 18.9 Å². The molecule has 0 fully saturated rings. The van der Waals surface area contributed by atoms with E-state index in [9.17, 15) is 9.59 Å². The number of para-hydroxylation sites is 1. The molecule has 0 amide bonds. The third-order valence-corrected chi connectivity index (χ3v) is 10.1. The van der Waals surface area contributed by atoms with Gasteiger partial charge in [-0.3, -0.25) is 0 Å². The van der Waals surface area contributed by atoms with Gasteiger partial charge in [0, 0.05) is 0 Å². The second-order valence-electron chi connectivity index (χ2n) is 6.99. The van der Waals surface area contributed by atoms with Crippen LogP contribution in [0.1, 0.15) is 24.3 Å². The molecule has 1 aliphatic rings. The van der Waals surface area contributed by atoms with Gasteiger partial charge in [-0.1, -0.05) is 0 Å². The molecule has 3 aromatic heterocycles. The van der Waals surface area contributed by atoms with Gasteiger partial charge in [0.2, 0.25) is 0 Å². The van der Waals surface area contributed by atoms with Crippen LogP contribution in [0.4, 0.5) is 0 Å². The zero-order chi connectivity index (χ0) is 19.5. The first-order valence-corrected chi connectivity index (χ1v) is 13.4. The molecule has 3 nitrogen and oxygen atoms in total. The molecule has 5 heteroatoms. The van der Waals surface area contributed by atoms with Crippen LogP contribution in [0.5, 0.6) is 0 Å². The van der Waals surface area contributed by atoms with Gasteiger partial charge in [-0.25, -0.2) is 0 Å². The average Bonchev–Trinajstić information content (AvgIpc) is 3.50. The van der Waals surface area contributed by atoms with Crippen LogP contribution in [0.25, 0.3) is 30.3 Å². The maximum absolute atomic E-state index is 12.9. The summed E-state index contributed by atoms with van der Waals surface area (Å²) in [5, 5.41) is 2.30. The van der Waals surface area contributed by atoms with Crippen molar-refractivity contribution in [1.82, 2.24) is 4.57 Å². The summed E-state index contributed by atoms with van der Waals surface area (Å²) in [5.74, 6) is -0.252. The molecule has 0 saturated carbocycles. The first-order chi connectivity index (χ1) is 14.2. The predicted octanol–water partition coefficient (Wildman–Crippen LogP) is 4.36. The number of hydrogen-bond donors (Lipinski definition) is 0. The predicted molar refractivity (Wildman–Crippen MR) is 118 cm³/mol. The zero-order valence-electron chi connectivity index (χ0n) is 15.1. The van der Waals surface area contributed by atoms with E-state index in [0.29, 0.717) is 16.7 Å². The summed E-state index contributed by atoms with van der Waals surface area (Å²) in [6.07, 6.45) is 3.94. The van der Waals surface area contributed by atoms with E-state index in [2.05, 4.69) is 52.1 Å². The van der Waals surface area contributed by atoms with Gasteiger partial charge in [-0.05, 0) is 0 Å². The van der Waals surface area contributed by atoms with E-state index in [1.54, 1.807) is 0 Å². The number of fused-ring (bicyclic) bond motifs is 3.